The van der Waals surface area contributed by atoms with Crippen LogP contribution >= 0.6 is 39.9 Å². The quantitative estimate of drug-likeness (QED) is 0.785. The van der Waals surface area contributed by atoms with Gasteiger partial charge in [-0.1, -0.05) is 46.0 Å². The third-order valence-corrected chi connectivity index (χ3v) is 4.83. The summed E-state index contributed by atoms with van der Waals surface area (Å²) >= 11 is 10.2. The molecule has 0 aromatic heterocycles. The van der Waals surface area contributed by atoms with Crippen molar-refractivity contribution in [2.45, 2.75) is 26.0 Å². The molecule has 110 valence electrons. The van der Waals surface area contributed by atoms with Gasteiger partial charge < -0.3 is 10.2 Å². The molecule has 1 rings (SSSR count). The highest BCUT2D eigenvalue weighted by Gasteiger charge is 2.18. The molecule has 0 fully saturated rings. The van der Waals surface area contributed by atoms with Crippen molar-refractivity contribution in [2.24, 2.45) is 0 Å². The first-order valence-electron chi connectivity index (χ1n) is 6.49. The maximum atomic E-state index is 12.1. The summed E-state index contributed by atoms with van der Waals surface area (Å²) < 4.78 is 1.71. The largest absolute Gasteiger partial charge is 0.358 e. The fraction of sp³-hybridized carbons (Fsp3) is 0.429. The average molecular weight is 375 g/mol. The smallest absolute Gasteiger partial charge is 0.237 e. The van der Waals surface area contributed by atoms with Crippen molar-refractivity contribution in [1.29, 1.82) is 0 Å². The SMILES string of the molecule is CCN(CC)C(=S)S[C@@H](C)C(=O)Nc1cccc(Br)c1. The number of hydrogen-bond acceptors (Lipinski definition) is 3. The molecule has 0 aliphatic carbocycles. The van der Waals surface area contributed by atoms with Gasteiger partial charge in [0.15, 0.2) is 0 Å². The number of anilines is 1. The van der Waals surface area contributed by atoms with E-state index in [1.165, 1.54) is 11.8 Å². The topological polar surface area (TPSA) is 32.3 Å². The molecule has 1 atom stereocenters. The predicted octanol–water partition coefficient (Wildman–Crippen LogP) is 4.14. The number of rotatable bonds is 5. The molecule has 1 aromatic carbocycles. The number of benzene rings is 1. The molecule has 0 aliphatic rings. The number of nitrogens with one attached hydrogen (secondary N) is 1. The molecule has 1 N–H and O–H groups in total. The number of halogens is 1. The molecular formula is C14H19BrN2OS2. The minimum atomic E-state index is -0.220. The van der Waals surface area contributed by atoms with Gasteiger partial charge in [0, 0.05) is 23.2 Å². The molecule has 1 aromatic rings. The van der Waals surface area contributed by atoms with Crippen molar-refractivity contribution in [1.82, 2.24) is 4.90 Å². The zero-order valence-corrected chi connectivity index (χ0v) is 15.1. The lowest BCUT2D eigenvalue weighted by Gasteiger charge is -2.22. The summed E-state index contributed by atoms with van der Waals surface area (Å²) in [4.78, 5) is 14.2. The molecule has 0 heterocycles. The van der Waals surface area contributed by atoms with Crippen molar-refractivity contribution >= 4 is 55.8 Å². The average Bonchev–Trinajstić information content (AvgIpc) is 2.40. The van der Waals surface area contributed by atoms with E-state index in [9.17, 15) is 4.79 Å². The Morgan fingerprint density at radius 1 is 1.45 bits per heavy atom. The van der Waals surface area contributed by atoms with Crippen LogP contribution in [0.25, 0.3) is 0 Å². The minimum absolute atomic E-state index is 0.0393. The fourth-order valence-corrected chi connectivity index (χ4v) is 3.54. The Labute approximate surface area is 138 Å². The molecule has 0 radical (unpaired) electrons. The van der Waals surface area contributed by atoms with Crippen LogP contribution in [0.15, 0.2) is 28.7 Å². The van der Waals surface area contributed by atoms with Crippen molar-refractivity contribution in [2.75, 3.05) is 18.4 Å². The van der Waals surface area contributed by atoms with Crippen molar-refractivity contribution in [3.63, 3.8) is 0 Å². The summed E-state index contributed by atoms with van der Waals surface area (Å²) in [6.07, 6.45) is 0. The zero-order chi connectivity index (χ0) is 15.1. The number of carbonyl (C=O) groups excluding carboxylic acids is 1. The fourth-order valence-electron chi connectivity index (χ4n) is 1.57. The van der Waals surface area contributed by atoms with E-state index in [0.29, 0.717) is 0 Å². The van der Waals surface area contributed by atoms with Crippen molar-refractivity contribution < 1.29 is 4.79 Å². The van der Waals surface area contributed by atoms with E-state index in [4.69, 9.17) is 12.2 Å². The number of thiocarbonyl (C=S) groups is 1. The van der Waals surface area contributed by atoms with Crippen LogP contribution in [0.3, 0.4) is 0 Å². The van der Waals surface area contributed by atoms with E-state index in [0.717, 1.165) is 27.6 Å². The van der Waals surface area contributed by atoms with Crippen molar-refractivity contribution in [3.05, 3.63) is 28.7 Å². The third-order valence-electron chi connectivity index (χ3n) is 2.76. The Bertz CT molecular complexity index is 478. The number of nitrogens with zero attached hydrogens (tertiary/aromatic N) is 1. The van der Waals surface area contributed by atoms with Gasteiger partial charge in [-0.3, -0.25) is 4.79 Å². The van der Waals surface area contributed by atoms with E-state index in [1.807, 2.05) is 31.2 Å². The van der Waals surface area contributed by atoms with Gasteiger partial charge in [0.05, 0.1) is 5.25 Å². The number of amides is 1. The van der Waals surface area contributed by atoms with Crippen molar-refractivity contribution in [3.8, 4) is 0 Å². The number of hydrogen-bond donors (Lipinski definition) is 1. The Hall–Kier alpha value is -0.590. The van der Waals surface area contributed by atoms with Crippen LogP contribution in [0.5, 0.6) is 0 Å². The van der Waals surface area contributed by atoms with Crippen LogP contribution in [-0.2, 0) is 4.79 Å². The van der Waals surface area contributed by atoms with Gasteiger partial charge in [-0.05, 0) is 39.0 Å². The molecule has 0 aliphatic heterocycles. The highest BCUT2D eigenvalue weighted by atomic mass is 79.9. The Morgan fingerprint density at radius 3 is 2.65 bits per heavy atom. The Morgan fingerprint density at radius 2 is 2.10 bits per heavy atom. The summed E-state index contributed by atoms with van der Waals surface area (Å²) in [5, 5.41) is 2.67. The van der Waals surface area contributed by atoms with Crippen LogP contribution in [0.1, 0.15) is 20.8 Å². The maximum absolute atomic E-state index is 12.1. The van der Waals surface area contributed by atoms with Gasteiger partial charge in [-0.25, -0.2) is 0 Å². The highest BCUT2D eigenvalue weighted by molar-refractivity contribution is 9.10. The van der Waals surface area contributed by atoms with Gasteiger partial charge in [-0.15, -0.1) is 0 Å². The van der Waals surface area contributed by atoms with Crippen LogP contribution in [0.2, 0.25) is 0 Å². The molecule has 3 nitrogen and oxygen atoms in total. The first-order chi connectivity index (χ1) is 9.47. The lowest BCUT2D eigenvalue weighted by Crippen LogP contribution is -2.31. The second-order valence-corrected chi connectivity index (χ2v) is 7.09. The van der Waals surface area contributed by atoms with Gasteiger partial charge in [0.2, 0.25) is 5.91 Å². The molecule has 0 unspecified atom stereocenters. The summed E-state index contributed by atoms with van der Waals surface area (Å²) in [5.74, 6) is -0.0393. The molecular weight excluding hydrogens is 356 g/mol. The first-order valence-corrected chi connectivity index (χ1v) is 8.58. The van der Waals surface area contributed by atoms with E-state index in [-0.39, 0.29) is 11.2 Å². The summed E-state index contributed by atoms with van der Waals surface area (Å²) in [5.41, 5.74) is 0.783. The molecule has 20 heavy (non-hydrogen) atoms. The number of carbonyl (C=O) groups is 1. The molecule has 6 heteroatoms. The zero-order valence-electron chi connectivity index (χ0n) is 11.9. The van der Waals surface area contributed by atoms with Crippen LogP contribution in [0.4, 0.5) is 5.69 Å². The summed E-state index contributed by atoms with van der Waals surface area (Å²) in [6, 6.07) is 7.54. The molecule has 0 saturated heterocycles. The first kappa shape index (κ1) is 17.5. The summed E-state index contributed by atoms with van der Waals surface area (Å²) in [6.45, 7) is 7.71. The third kappa shape index (κ3) is 5.42. The van der Waals surface area contributed by atoms with Crippen LogP contribution in [-0.4, -0.2) is 33.5 Å². The monoisotopic (exact) mass is 374 g/mol. The minimum Gasteiger partial charge on any atom is -0.358 e. The number of thioether (sulfide) groups is 1. The lowest BCUT2D eigenvalue weighted by atomic mass is 10.3. The summed E-state index contributed by atoms with van der Waals surface area (Å²) in [7, 11) is 0. The normalized spacial score (nSPS) is 11.8. The Balaban J connectivity index is 2.57. The van der Waals surface area contributed by atoms with E-state index in [1.54, 1.807) is 0 Å². The molecule has 0 saturated carbocycles. The lowest BCUT2D eigenvalue weighted by molar-refractivity contribution is -0.115. The van der Waals surface area contributed by atoms with Gasteiger partial charge in [0.1, 0.15) is 4.32 Å². The van der Waals surface area contributed by atoms with E-state index in [2.05, 4.69) is 40.0 Å². The molecule has 0 bridgehead atoms. The second kappa shape index (κ2) is 8.64. The predicted molar refractivity (Wildman–Crippen MR) is 95.3 cm³/mol. The standard InChI is InChI=1S/C14H19BrN2OS2/c1-4-17(5-2)14(19)20-10(3)13(18)16-12-8-6-7-11(15)9-12/h6-10H,4-5H2,1-3H3,(H,16,18)/t10-/m0/s1. The molecule has 0 spiro atoms. The van der Waals surface area contributed by atoms with Crippen LogP contribution in [0, 0.1) is 0 Å². The van der Waals surface area contributed by atoms with E-state index < -0.39 is 0 Å². The van der Waals surface area contributed by atoms with Gasteiger partial charge in [-0.2, -0.15) is 0 Å². The van der Waals surface area contributed by atoms with E-state index >= 15 is 0 Å². The second-order valence-electron chi connectivity index (χ2n) is 4.20. The van der Waals surface area contributed by atoms with Gasteiger partial charge in [0.25, 0.3) is 0 Å². The molecule has 1 amide bonds. The van der Waals surface area contributed by atoms with Gasteiger partial charge >= 0.3 is 0 Å². The maximum Gasteiger partial charge on any atom is 0.237 e. The highest BCUT2D eigenvalue weighted by Crippen LogP contribution is 2.20. The van der Waals surface area contributed by atoms with Crippen LogP contribution < -0.4 is 5.32 Å². The Kier molecular flexibility index (Phi) is 7.55.